The Morgan fingerprint density at radius 2 is 2.00 bits per heavy atom. The van der Waals surface area contributed by atoms with Crippen molar-refractivity contribution in [3.05, 3.63) is 35.6 Å². The fraction of sp³-hybridized carbons (Fsp3) is 0.250. The number of hydrogen-bond acceptors (Lipinski definition) is 0. The largest absolute Gasteiger partial charge is 0.236 e. The van der Waals surface area contributed by atoms with Gasteiger partial charge in [-0.05, 0) is 11.6 Å². The summed E-state index contributed by atoms with van der Waals surface area (Å²) in [5, 5.41) is 10.1. The minimum Gasteiger partial charge on any atom is -0.236 e. The molecule has 1 radical (unpaired) electrons. The molecule has 0 amide bonds. The zero-order valence-electron chi connectivity index (χ0n) is 5.51. The molecule has 0 N–H and O–H groups in total. The molecular formula is C8H8FO. The van der Waals surface area contributed by atoms with Crippen molar-refractivity contribution in [3.63, 3.8) is 0 Å². The summed E-state index contributed by atoms with van der Waals surface area (Å²) >= 11 is 0. The van der Waals surface area contributed by atoms with Crippen molar-refractivity contribution in [3.8, 4) is 0 Å². The molecule has 0 atom stereocenters. The Balaban J connectivity index is 2.81. The van der Waals surface area contributed by atoms with E-state index in [-0.39, 0.29) is 18.8 Å². The molecule has 0 spiro atoms. The van der Waals surface area contributed by atoms with Crippen LogP contribution in [-0.2, 0) is 11.5 Å². The molecule has 0 aliphatic carbocycles. The van der Waals surface area contributed by atoms with Crippen LogP contribution >= 0.6 is 0 Å². The lowest BCUT2D eigenvalue weighted by Gasteiger charge is -1.96. The van der Waals surface area contributed by atoms with Crippen molar-refractivity contribution in [1.82, 2.24) is 0 Å². The molecule has 0 aliphatic heterocycles. The highest BCUT2D eigenvalue weighted by molar-refractivity contribution is 5.17. The highest BCUT2D eigenvalue weighted by Gasteiger charge is 1.97. The molecule has 1 rings (SSSR count). The van der Waals surface area contributed by atoms with E-state index in [1.165, 1.54) is 6.07 Å². The molecule has 0 saturated carbocycles. The molecule has 0 heterocycles. The van der Waals surface area contributed by atoms with Gasteiger partial charge in [-0.15, -0.1) is 0 Å². The van der Waals surface area contributed by atoms with Gasteiger partial charge in [-0.2, -0.15) is 0 Å². The smallest absolute Gasteiger partial charge is 0.126 e. The van der Waals surface area contributed by atoms with Crippen molar-refractivity contribution in [1.29, 1.82) is 0 Å². The number of hydrogen-bond donors (Lipinski definition) is 0. The van der Waals surface area contributed by atoms with Gasteiger partial charge in [0.05, 0.1) is 6.61 Å². The summed E-state index contributed by atoms with van der Waals surface area (Å²) in [4.78, 5) is 0. The van der Waals surface area contributed by atoms with E-state index in [9.17, 15) is 9.50 Å². The maximum Gasteiger partial charge on any atom is 0.126 e. The van der Waals surface area contributed by atoms with Crippen molar-refractivity contribution in [2.24, 2.45) is 0 Å². The fourth-order valence-corrected chi connectivity index (χ4v) is 0.811. The van der Waals surface area contributed by atoms with Crippen LogP contribution in [0.4, 0.5) is 4.39 Å². The summed E-state index contributed by atoms with van der Waals surface area (Å²) in [6, 6.07) is 6.34. The minimum absolute atomic E-state index is 0.249. The van der Waals surface area contributed by atoms with Crippen molar-refractivity contribution < 1.29 is 9.50 Å². The molecule has 10 heavy (non-hydrogen) atoms. The van der Waals surface area contributed by atoms with Crippen LogP contribution < -0.4 is 0 Å². The van der Waals surface area contributed by atoms with E-state index in [4.69, 9.17) is 0 Å². The Labute approximate surface area is 59.1 Å². The molecule has 0 bridgehead atoms. The van der Waals surface area contributed by atoms with E-state index in [1.807, 2.05) is 0 Å². The Morgan fingerprint density at radius 1 is 1.30 bits per heavy atom. The lowest BCUT2D eigenvalue weighted by atomic mass is 10.1. The second kappa shape index (κ2) is 3.32. The van der Waals surface area contributed by atoms with E-state index in [0.29, 0.717) is 5.56 Å². The highest BCUT2D eigenvalue weighted by Crippen LogP contribution is 2.05. The quantitative estimate of drug-likeness (QED) is 0.595. The average molecular weight is 139 g/mol. The van der Waals surface area contributed by atoms with Crippen LogP contribution in [0, 0.1) is 5.82 Å². The zero-order chi connectivity index (χ0) is 7.40. The van der Waals surface area contributed by atoms with Gasteiger partial charge in [0.15, 0.2) is 0 Å². The molecule has 0 fully saturated rings. The van der Waals surface area contributed by atoms with Gasteiger partial charge in [0.2, 0.25) is 0 Å². The molecule has 0 aliphatic rings. The van der Waals surface area contributed by atoms with Crippen LogP contribution in [0.5, 0.6) is 0 Å². The second-order valence-electron chi connectivity index (χ2n) is 2.05. The van der Waals surface area contributed by atoms with Crippen LogP contribution in [0.25, 0.3) is 0 Å². The molecule has 1 aromatic rings. The SMILES string of the molecule is [O]CCc1ccccc1F. The minimum atomic E-state index is -0.279. The summed E-state index contributed by atoms with van der Waals surface area (Å²) in [6.45, 7) is -0.249. The van der Waals surface area contributed by atoms with Gasteiger partial charge in [0.25, 0.3) is 0 Å². The van der Waals surface area contributed by atoms with E-state index < -0.39 is 0 Å². The predicted octanol–water partition coefficient (Wildman–Crippen LogP) is 1.80. The molecule has 53 valence electrons. The van der Waals surface area contributed by atoms with Crippen LogP contribution in [0.1, 0.15) is 5.56 Å². The van der Waals surface area contributed by atoms with Gasteiger partial charge in [-0.3, -0.25) is 0 Å². The maximum atomic E-state index is 12.6. The van der Waals surface area contributed by atoms with Crippen LogP contribution in [0.2, 0.25) is 0 Å². The van der Waals surface area contributed by atoms with Crippen molar-refractivity contribution in [2.45, 2.75) is 6.42 Å². The first kappa shape index (κ1) is 7.22. The van der Waals surface area contributed by atoms with Gasteiger partial charge in [0, 0.05) is 6.42 Å². The Morgan fingerprint density at radius 3 is 2.60 bits per heavy atom. The molecular weight excluding hydrogens is 131 g/mol. The number of halogens is 1. The summed E-state index contributed by atoms with van der Waals surface area (Å²) in [6.07, 6.45) is 0.284. The van der Waals surface area contributed by atoms with Crippen molar-refractivity contribution in [2.75, 3.05) is 6.61 Å². The maximum absolute atomic E-state index is 12.6. The third-order valence-electron chi connectivity index (χ3n) is 1.33. The molecule has 0 aromatic heterocycles. The van der Waals surface area contributed by atoms with Crippen LogP contribution in [0.15, 0.2) is 24.3 Å². The number of benzene rings is 1. The first-order chi connectivity index (χ1) is 4.84. The zero-order valence-corrected chi connectivity index (χ0v) is 5.51. The van der Waals surface area contributed by atoms with Gasteiger partial charge in [-0.1, -0.05) is 18.2 Å². The lowest BCUT2D eigenvalue weighted by Crippen LogP contribution is -1.92. The molecule has 1 aromatic carbocycles. The lowest BCUT2D eigenvalue weighted by molar-refractivity contribution is 0.196. The van der Waals surface area contributed by atoms with Gasteiger partial charge in [-0.25, -0.2) is 9.50 Å². The van der Waals surface area contributed by atoms with E-state index in [1.54, 1.807) is 18.2 Å². The van der Waals surface area contributed by atoms with Gasteiger partial charge in [0.1, 0.15) is 5.82 Å². The van der Waals surface area contributed by atoms with E-state index in [0.717, 1.165) is 0 Å². The molecule has 2 heteroatoms. The van der Waals surface area contributed by atoms with E-state index >= 15 is 0 Å². The molecule has 1 nitrogen and oxygen atoms in total. The van der Waals surface area contributed by atoms with Gasteiger partial charge < -0.3 is 0 Å². The summed E-state index contributed by atoms with van der Waals surface area (Å²) in [5.41, 5.74) is 0.512. The van der Waals surface area contributed by atoms with Crippen LogP contribution in [0.3, 0.4) is 0 Å². The standard InChI is InChI=1S/C8H8FO/c9-8-4-2-1-3-7(8)5-6-10/h1-4H,5-6H2. The normalized spacial score (nSPS) is 9.80. The van der Waals surface area contributed by atoms with E-state index in [2.05, 4.69) is 0 Å². The molecule has 0 saturated heterocycles. The first-order valence-electron chi connectivity index (χ1n) is 3.16. The summed E-state index contributed by atoms with van der Waals surface area (Å²) in [7, 11) is 0. The fourth-order valence-electron chi connectivity index (χ4n) is 0.811. The average Bonchev–Trinajstić information content (AvgIpc) is 1.94. The predicted molar refractivity (Wildman–Crippen MR) is 35.7 cm³/mol. The van der Waals surface area contributed by atoms with Gasteiger partial charge >= 0.3 is 0 Å². The third-order valence-corrected chi connectivity index (χ3v) is 1.33. The Hall–Kier alpha value is -0.890. The topological polar surface area (TPSA) is 19.9 Å². The van der Waals surface area contributed by atoms with Crippen LogP contribution in [-0.4, -0.2) is 6.61 Å². The Kier molecular flexibility index (Phi) is 2.40. The summed E-state index contributed by atoms with van der Waals surface area (Å²) in [5.74, 6) is -0.279. The first-order valence-corrected chi connectivity index (χ1v) is 3.16. The molecule has 0 unspecified atom stereocenters. The second-order valence-corrected chi connectivity index (χ2v) is 2.05. The highest BCUT2D eigenvalue weighted by atomic mass is 19.1. The summed E-state index contributed by atoms with van der Waals surface area (Å²) < 4.78 is 12.6. The Bertz CT molecular complexity index is 210. The third kappa shape index (κ3) is 1.54. The van der Waals surface area contributed by atoms with Crippen molar-refractivity contribution >= 4 is 0 Å². The monoisotopic (exact) mass is 139 g/mol. The number of rotatable bonds is 2.